The first-order valence-corrected chi connectivity index (χ1v) is 9.85. The third-order valence-corrected chi connectivity index (χ3v) is 5.79. The first-order chi connectivity index (χ1) is 14.1. The lowest BCUT2D eigenvalue weighted by Crippen LogP contribution is -2.22. The van der Waals surface area contributed by atoms with Crippen molar-refractivity contribution in [2.75, 3.05) is 0 Å². The molecule has 3 nitrogen and oxygen atoms in total. The van der Waals surface area contributed by atoms with Crippen molar-refractivity contribution in [3.05, 3.63) is 101 Å². The molecule has 0 spiro atoms. The topological polar surface area (TPSA) is 39.1 Å². The summed E-state index contributed by atoms with van der Waals surface area (Å²) >= 11 is 5.38. The van der Waals surface area contributed by atoms with Crippen molar-refractivity contribution < 1.29 is 9.59 Å². The predicted molar refractivity (Wildman–Crippen MR) is 119 cm³/mol. The molecule has 0 saturated carbocycles. The molecule has 3 aromatic rings. The maximum Gasteiger partial charge on any atom is 0.195 e. The number of carbonyl (C=O) groups excluding carboxylic acids is 2. The zero-order valence-corrected chi connectivity index (χ0v) is 16.6. The number of para-hydroxylation sites is 1. The lowest BCUT2D eigenvalue weighted by Gasteiger charge is -2.23. The number of aromatic nitrogens is 1. The number of aryl methyl sites for hydroxylation is 1. The first-order valence-electron chi connectivity index (χ1n) is 9.45. The first kappa shape index (κ1) is 17.7. The van der Waals surface area contributed by atoms with E-state index in [1.54, 1.807) is 24.3 Å². The van der Waals surface area contributed by atoms with E-state index in [4.69, 9.17) is 12.2 Å². The molecule has 1 heterocycles. The van der Waals surface area contributed by atoms with Gasteiger partial charge in [0, 0.05) is 63.3 Å². The smallest absolute Gasteiger partial charge is 0.195 e. The largest absolute Gasteiger partial charge is 0.350 e. The molecule has 1 aromatic heterocycles. The predicted octanol–water partition coefficient (Wildman–Crippen LogP) is 5.27. The fourth-order valence-corrected chi connectivity index (χ4v) is 4.41. The Balaban J connectivity index is 1.88. The molecule has 140 valence electrons. The van der Waals surface area contributed by atoms with Crippen LogP contribution >= 0.6 is 12.2 Å². The second-order valence-electron chi connectivity index (χ2n) is 7.30. The molecule has 2 aliphatic carbocycles. The van der Waals surface area contributed by atoms with E-state index < -0.39 is 0 Å². The van der Waals surface area contributed by atoms with Crippen LogP contribution in [0, 0.1) is 0 Å². The maximum atomic E-state index is 13.6. The number of carbonyl (C=O) groups is 2. The number of ketones is 2. The Morgan fingerprint density at radius 3 is 2.24 bits per heavy atom. The van der Waals surface area contributed by atoms with E-state index >= 15 is 0 Å². The van der Waals surface area contributed by atoms with Crippen LogP contribution in [0.3, 0.4) is 0 Å². The Bertz CT molecular complexity index is 1330. The van der Waals surface area contributed by atoms with E-state index in [-0.39, 0.29) is 11.6 Å². The van der Waals surface area contributed by atoms with Crippen molar-refractivity contribution in [2.45, 2.75) is 6.42 Å². The summed E-state index contributed by atoms with van der Waals surface area (Å²) < 4.78 is 1.99. The average molecular weight is 395 g/mol. The van der Waals surface area contributed by atoms with Gasteiger partial charge in [0.25, 0.3) is 0 Å². The quantitative estimate of drug-likeness (QED) is 0.555. The number of benzene rings is 2. The van der Waals surface area contributed by atoms with Gasteiger partial charge in [0.15, 0.2) is 11.6 Å². The normalized spacial score (nSPS) is 16.4. The number of fused-ring (bicyclic) bond motifs is 2. The molecular weight excluding hydrogens is 378 g/mol. The van der Waals surface area contributed by atoms with Gasteiger partial charge in [-0.05, 0) is 17.7 Å². The Kier molecular flexibility index (Phi) is 4.03. The summed E-state index contributed by atoms with van der Waals surface area (Å²) in [4.78, 5) is 28.0. The van der Waals surface area contributed by atoms with E-state index in [1.807, 2.05) is 60.3 Å². The molecule has 0 N–H and O–H groups in total. The van der Waals surface area contributed by atoms with Gasteiger partial charge in [-0.15, -0.1) is 0 Å². The minimum atomic E-state index is -0.135. The fraction of sp³-hybridized carbons (Fsp3) is 0.0800. The minimum Gasteiger partial charge on any atom is -0.350 e. The highest BCUT2D eigenvalue weighted by atomic mass is 32.1. The summed E-state index contributed by atoms with van der Waals surface area (Å²) in [5, 5.41) is 0.950. The molecule has 0 aliphatic heterocycles. The highest BCUT2D eigenvalue weighted by molar-refractivity contribution is 7.80. The maximum absolute atomic E-state index is 13.6. The van der Waals surface area contributed by atoms with Crippen molar-refractivity contribution in [2.24, 2.45) is 7.05 Å². The van der Waals surface area contributed by atoms with E-state index in [0.717, 1.165) is 21.3 Å². The molecule has 2 aliphatic rings. The Hall–Kier alpha value is -3.37. The van der Waals surface area contributed by atoms with Crippen molar-refractivity contribution in [1.82, 2.24) is 4.57 Å². The van der Waals surface area contributed by atoms with Crippen molar-refractivity contribution in [1.29, 1.82) is 0 Å². The molecule has 29 heavy (non-hydrogen) atoms. The van der Waals surface area contributed by atoms with Crippen LogP contribution in [0.5, 0.6) is 0 Å². The molecule has 4 heteroatoms. The standard InChI is InChI=1S/C25H17NO2S/c1-26-14-20(17-9-4-5-12-21(17)26)23-22(15-7-6-8-16(29)13-15)24(27)18-10-2-3-11-19(18)25(23)28/h2-7,9-14H,8H2,1H3. The second-order valence-corrected chi connectivity index (χ2v) is 7.82. The zero-order valence-electron chi connectivity index (χ0n) is 15.8. The van der Waals surface area contributed by atoms with Gasteiger partial charge in [-0.2, -0.15) is 0 Å². The highest BCUT2D eigenvalue weighted by Crippen LogP contribution is 2.39. The number of rotatable bonds is 2. The van der Waals surface area contributed by atoms with Gasteiger partial charge < -0.3 is 4.57 Å². The van der Waals surface area contributed by atoms with Crippen LogP contribution < -0.4 is 0 Å². The van der Waals surface area contributed by atoms with Crippen LogP contribution in [0.15, 0.2) is 84.1 Å². The third-order valence-electron chi connectivity index (χ3n) is 5.51. The number of hydrogen-bond acceptors (Lipinski definition) is 3. The molecule has 0 amide bonds. The number of hydrogen-bond donors (Lipinski definition) is 0. The zero-order chi connectivity index (χ0) is 20.1. The third kappa shape index (κ3) is 2.68. The fourth-order valence-electron chi connectivity index (χ4n) is 4.19. The molecule has 0 bridgehead atoms. The van der Waals surface area contributed by atoms with Crippen LogP contribution in [-0.4, -0.2) is 21.0 Å². The Morgan fingerprint density at radius 2 is 1.52 bits per heavy atom. The molecule has 0 unspecified atom stereocenters. The Labute approximate surface area is 173 Å². The molecule has 5 rings (SSSR count). The lowest BCUT2D eigenvalue weighted by molar-refractivity contribution is 0.0994. The average Bonchev–Trinajstić information content (AvgIpc) is 3.07. The second kappa shape index (κ2) is 6.61. The van der Waals surface area contributed by atoms with Crippen LogP contribution in [0.2, 0.25) is 0 Å². The number of allylic oxidation sites excluding steroid dienone is 6. The van der Waals surface area contributed by atoms with Gasteiger partial charge in [0.2, 0.25) is 0 Å². The van der Waals surface area contributed by atoms with Gasteiger partial charge in [0.05, 0.1) is 0 Å². The van der Waals surface area contributed by atoms with Gasteiger partial charge in [-0.1, -0.05) is 66.8 Å². The molecule has 0 fully saturated rings. The summed E-state index contributed by atoms with van der Waals surface area (Å²) in [5.74, 6) is -0.263. The minimum absolute atomic E-state index is 0.127. The van der Waals surface area contributed by atoms with Gasteiger partial charge >= 0.3 is 0 Å². The van der Waals surface area contributed by atoms with E-state index in [2.05, 4.69) is 0 Å². The number of nitrogens with zero attached hydrogens (tertiary/aromatic N) is 1. The summed E-state index contributed by atoms with van der Waals surface area (Å²) in [6.07, 6.45) is 8.30. The van der Waals surface area contributed by atoms with Crippen LogP contribution in [-0.2, 0) is 7.05 Å². The SMILES string of the molecule is Cn1cc(C2=C(C3=CC(=S)CC=C3)C(=O)c3ccccc3C2=O)c2ccccc21. The molecule has 2 aromatic carbocycles. The van der Waals surface area contributed by atoms with Crippen LogP contribution in [0.1, 0.15) is 32.7 Å². The molecular formula is C25H17NO2S. The van der Waals surface area contributed by atoms with E-state index in [0.29, 0.717) is 34.3 Å². The van der Waals surface area contributed by atoms with Crippen LogP contribution in [0.25, 0.3) is 16.5 Å². The van der Waals surface area contributed by atoms with Crippen molar-refractivity contribution >= 4 is 45.1 Å². The summed E-state index contributed by atoms with van der Waals surface area (Å²) in [7, 11) is 1.95. The van der Waals surface area contributed by atoms with Gasteiger partial charge in [0.1, 0.15) is 0 Å². The lowest BCUT2D eigenvalue weighted by atomic mass is 9.77. The summed E-state index contributed by atoms with van der Waals surface area (Å²) in [5.41, 5.74) is 4.27. The Morgan fingerprint density at radius 1 is 0.862 bits per heavy atom. The summed E-state index contributed by atoms with van der Waals surface area (Å²) in [6.45, 7) is 0. The van der Waals surface area contributed by atoms with Crippen molar-refractivity contribution in [3.63, 3.8) is 0 Å². The summed E-state index contributed by atoms with van der Waals surface area (Å²) in [6, 6.07) is 15.0. The number of Topliss-reactive ketones (excluding diaryl/α,β-unsaturated/α-hetero) is 2. The van der Waals surface area contributed by atoms with Crippen LogP contribution in [0.4, 0.5) is 0 Å². The monoisotopic (exact) mass is 395 g/mol. The van der Waals surface area contributed by atoms with E-state index in [9.17, 15) is 9.59 Å². The highest BCUT2D eigenvalue weighted by Gasteiger charge is 2.35. The van der Waals surface area contributed by atoms with Gasteiger partial charge in [-0.25, -0.2) is 0 Å². The molecule has 0 atom stereocenters. The number of thiocarbonyl (C=S) groups is 1. The van der Waals surface area contributed by atoms with Crippen molar-refractivity contribution in [3.8, 4) is 0 Å². The molecule has 0 radical (unpaired) electrons. The molecule has 0 saturated heterocycles. The van der Waals surface area contributed by atoms with E-state index in [1.165, 1.54) is 0 Å². The van der Waals surface area contributed by atoms with Gasteiger partial charge in [-0.3, -0.25) is 9.59 Å².